The van der Waals surface area contributed by atoms with E-state index in [0.29, 0.717) is 29.9 Å². The summed E-state index contributed by atoms with van der Waals surface area (Å²) in [5, 5.41) is 9.02. The second-order valence-corrected chi connectivity index (χ2v) is 6.07. The van der Waals surface area contributed by atoms with Gasteiger partial charge in [0, 0.05) is 13.0 Å². The summed E-state index contributed by atoms with van der Waals surface area (Å²) in [7, 11) is 1.75. The van der Waals surface area contributed by atoms with E-state index in [1.165, 1.54) is 6.07 Å². The molecule has 1 N–H and O–H groups in total. The number of rotatable bonds is 4. The van der Waals surface area contributed by atoms with E-state index in [1.807, 2.05) is 0 Å². The predicted octanol–water partition coefficient (Wildman–Crippen LogP) is 2.46. The van der Waals surface area contributed by atoms with Crippen LogP contribution < -0.4 is 0 Å². The van der Waals surface area contributed by atoms with E-state index in [4.69, 9.17) is 9.52 Å². The van der Waals surface area contributed by atoms with E-state index in [1.54, 1.807) is 18.9 Å². The molecule has 0 saturated heterocycles. The second kappa shape index (κ2) is 5.06. The molecule has 1 fully saturated rings. The smallest absolute Gasteiger partial charge is 0.339 e. The fraction of sp³-hybridized carbons (Fsp3) is 0.500. The molecular weight excluding hydrogens is 270 g/mol. The van der Waals surface area contributed by atoms with Crippen molar-refractivity contribution in [3.63, 3.8) is 0 Å². The van der Waals surface area contributed by atoms with E-state index in [-0.39, 0.29) is 17.4 Å². The van der Waals surface area contributed by atoms with Gasteiger partial charge < -0.3 is 14.4 Å². The average Bonchev–Trinajstić information content (AvgIpc) is 3.12. The first-order valence-electron chi connectivity index (χ1n) is 7.21. The Balaban J connectivity index is 1.67. The van der Waals surface area contributed by atoms with Crippen LogP contribution in [-0.2, 0) is 11.3 Å². The lowest BCUT2D eigenvalue weighted by atomic mass is 9.92. The van der Waals surface area contributed by atoms with Crippen LogP contribution in [0.1, 0.15) is 34.7 Å². The van der Waals surface area contributed by atoms with E-state index >= 15 is 0 Å². The molecule has 5 nitrogen and oxygen atoms in total. The van der Waals surface area contributed by atoms with Crippen molar-refractivity contribution in [3.05, 3.63) is 35.3 Å². The average molecular weight is 289 g/mol. The second-order valence-electron chi connectivity index (χ2n) is 6.07. The molecule has 0 spiro atoms. The molecule has 3 unspecified atom stereocenters. The van der Waals surface area contributed by atoms with Gasteiger partial charge in [-0.2, -0.15) is 0 Å². The van der Waals surface area contributed by atoms with Crippen molar-refractivity contribution < 1.29 is 19.1 Å². The molecular formula is C16H19NO4. The van der Waals surface area contributed by atoms with Gasteiger partial charge in [-0.1, -0.05) is 12.2 Å². The Labute approximate surface area is 123 Å². The molecule has 0 aliphatic heterocycles. The molecule has 3 rings (SSSR count). The molecule has 1 aromatic rings. The number of hydrogen-bond donors (Lipinski definition) is 1. The van der Waals surface area contributed by atoms with Crippen molar-refractivity contribution in [2.24, 2.45) is 17.8 Å². The summed E-state index contributed by atoms with van der Waals surface area (Å²) in [6.07, 6.45) is 6.39. The van der Waals surface area contributed by atoms with Gasteiger partial charge >= 0.3 is 5.97 Å². The van der Waals surface area contributed by atoms with Gasteiger partial charge in [-0.15, -0.1) is 0 Å². The summed E-state index contributed by atoms with van der Waals surface area (Å²) < 4.78 is 5.43. The van der Waals surface area contributed by atoms with Gasteiger partial charge in [0.1, 0.15) is 17.1 Å². The first-order chi connectivity index (χ1) is 9.95. The summed E-state index contributed by atoms with van der Waals surface area (Å²) in [4.78, 5) is 25.1. The Morgan fingerprint density at radius 2 is 2.14 bits per heavy atom. The van der Waals surface area contributed by atoms with Gasteiger partial charge in [0.15, 0.2) is 0 Å². The molecule has 1 amide bonds. The molecule has 2 aliphatic carbocycles. The first kappa shape index (κ1) is 13.9. The number of amides is 1. The molecule has 2 bridgehead atoms. The SMILES string of the molecule is Cc1oc(CN(C)C(=O)C2CC3C=CC2C3)cc1C(=O)O. The third kappa shape index (κ3) is 2.48. The standard InChI is InChI=1S/C16H19NO4/c1-9-13(16(19)20)7-12(21-9)8-17(2)15(18)14-6-10-3-4-11(14)5-10/h3-4,7,10-11,14H,5-6,8H2,1-2H3,(H,19,20). The number of hydrogen-bond acceptors (Lipinski definition) is 3. The molecule has 0 aromatic carbocycles. The summed E-state index contributed by atoms with van der Waals surface area (Å²) in [6.45, 7) is 1.93. The number of carbonyl (C=O) groups is 2. The van der Waals surface area contributed by atoms with Crippen LogP contribution in [0, 0.1) is 24.7 Å². The van der Waals surface area contributed by atoms with E-state index in [0.717, 1.165) is 12.8 Å². The van der Waals surface area contributed by atoms with Crippen LogP contribution in [0.25, 0.3) is 0 Å². The number of aromatic carboxylic acids is 1. The number of allylic oxidation sites excluding steroid dienone is 2. The van der Waals surface area contributed by atoms with E-state index < -0.39 is 5.97 Å². The highest BCUT2D eigenvalue weighted by Crippen LogP contribution is 2.44. The lowest BCUT2D eigenvalue weighted by molar-refractivity contribution is -0.135. The van der Waals surface area contributed by atoms with E-state index in [2.05, 4.69) is 12.2 Å². The summed E-state index contributed by atoms with van der Waals surface area (Å²) >= 11 is 0. The van der Waals surface area contributed by atoms with Crippen LogP contribution in [0.15, 0.2) is 22.6 Å². The Kier molecular flexibility index (Phi) is 3.35. The maximum Gasteiger partial charge on any atom is 0.339 e. The molecule has 1 heterocycles. The monoisotopic (exact) mass is 289 g/mol. The molecule has 0 radical (unpaired) electrons. The number of nitrogens with zero attached hydrogens (tertiary/aromatic N) is 1. The van der Waals surface area contributed by atoms with Crippen molar-refractivity contribution in [2.75, 3.05) is 7.05 Å². The minimum absolute atomic E-state index is 0.0694. The molecule has 1 aromatic heterocycles. The van der Waals surface area contributed by atoms with Crippen molar-refractivity contribution in [1.82, 2.24) is 4.90 Å². The maximum absolute atomic E-state index is 12.5. The van der Waals surface area contributed by atoms with Gasteiger partial charge in [0.25, 0.3) is 0 Å². The van der Waals surface area contributed by atoms with Crippen molar-refractivity contribution >= 4 is 11.9 Å². The highest BCUT2D eigenvalue weighted by atomic mass is 16.4. The lowest BCUT2D eigenvalue weighted by Crippen LogP contribution is -2.34. The molecule has 112 valence electrons. The Morgan fingerprint density at radius 1 is 1.38 bits per heavy atom. The molecule has 1 saturated carbocycles. The summed E-state index contributed by atoms with van der Waals surface area (Å²) in [6, 6.07) is 1.50. The molecule has 3 atom stereocenters. The van der Waals surface area contributed by atoms with Crippen LogP contribution in [-0.4, -0.2) is 28.9 Å². The fourth-order valence-corrected chi connectivity index (χ4v) is 3.49. The molecule has 2 aliphatic rings. The molecule has 5 heteroatoms. The van der Waals surface area contributed by atoms with Crippen LogP contribution in [0.3, 0.4) is 0 Å². The van der Waals surface area contributed by atoms with Crippen LogP contribution in [0.4, 0.5) is 0 Å². The van der Waals surface area contributed by atoms with Gasteiger partial charge in [0.05, 0.1) is 6.54 Å². The normalized spacial score (nSPS) is 26.3. The zero-order valence-corrected chi connectivity index (χ0v) is 12.2. The number of carboxylic acids is 1. The van der Waals surface area contributed by atoms with Crippen LogP contribution in [0.2, 0.25) is 0 Å². The summed E-state index contributed by atoms with van der Waals surface area (Å²) in [5.74, 6) is 1.01. The number of furan rings is 1. The first-order valence-corrected chi connectivity index (χ1v) is 7.21. The van der Waals surface area contributed by atoms with Crippen molar-refractivity contribution in [3.8, 4) is 0 Å². The Bertz CT molecular complexity index is 616. The highest BCUT2D eigenvalue weighted by molar-refractivity contribution is 5.88. The zero-order valence-electron chi connectivity index (χ0n) is 12.2. The van der Waals surface area contributed by atoms with Crippen LogP contribution >= 0.6 is 0 Å². The quantitative estimate of drug-likeness (QED) is 0.864. The van der Waals surface area contributed by atoms with Gasteiger partial charge in [-0.3, -0.25) is 4.79 Å². The summed E-state index contributed by atoms with van der Waals surface area (Å²) in [5.41, 5.74) is 0.161. The predicted molar refractivity (Wildman–Crippen MR) is 75.7 cm³/mol. The van der Waals surface area contributed by atoms with Crippen molar-refractivity contribution in [2.45, 2.75) is 26.3 Å². The Hall–Kier alpha value is -2.04. The zero-order chi connectivity index (χ0) is 15.1. The largest absolute Gasteiger partial charge is 0.478 e. The number of aryl methyl sites for hydroxylation is 1. The van der Waals surface area contributed by atoms with Crippen LogP contribution in [0.5, 0.6) is 0 Å². The van der Waals surface area contributed by atoms with Gasteiger partial charge in [0.2, 0.25) is 5.91 Å². The Morgan fingerprint density at radius 3 is 2.67 bits per heavy atom. The third-order valence-electron chi connectivity index (χ3n) is 4.56. The van der Waals surface area contributed by atoms with Gasteiger partial charge in [-0.05, 0) is 37.7 Å². The minimum atomic E-state index is -1.00. The highest BCUT2D eigenvalue weighted by Gasteiger charge is 2.40. The lowest BCUT2D eigenvalue weighted by Gasteiger charge is -2.24. The third-order valence-corrected chi connectivity index (χ3v) is 4.56. The maximum atomic E-state index is 12.5. The topological polar surface area (TPSA) is 70.8 Å². The minimum Gasteiger partial charge on any atom is -0.478 e. The fourth-order valence-electron chi connectivity index (χ4n) is 3.49. The number of fused-ring (bicyclic) bond motifs is 2. The number of carbonyl (C=O) groups excluding carboxylic acids is 1. The number of carboxylic acid groups (broad SMARTS) is 1. The van der Waals surface area contributed by atoms with Gasteiger partial charge in [-0.25, -0.2) is 4.79 Å². The van der Waals surface area contributed by atoms with Crippen molar-refractivity contribution in [1.29, 1.82) is 0 Å². The van der Waals surface area contributed by atoms with E-state index in [9.17, 15) is 9.59 Å². The molecule has 21 heavy (non-hydrogen) atoms.